The van der Waals surface area contributed by atoms with Gasteiger partial charge in [0.05, 0.1) is 22.8 Å². The van der Waals surface area contributed by atoms with Crippen LogP contribution >= 0.6 is 0 Å². The Bertz CT molecular complexity index is 2140. The number of hydrogen-bond donors (Lipinski definition) is 2. The Balaban J connectivity index is 0.822. The van der Waals surface area contributed by atoms with Crippen LogP contribution in [0.15, 0.2) is 48.7 Å². The molecule has 2 N–H and O–H groups in total. The third-order valence-corrected chi connectivity index (χ3v) is 13.1. The molecular weight excluding hydrogens is 709 g/mol. The second-order valence-corrected chi connectivity index (χ2v) is 17.6. The van der Waals surface area contributed by atoms with E-state index in [0.717, 1.165) is 59.4 Å². The summed E-state index contributed by atoms with van der Waals surface area (Å²) in [7, 11) is 0. The minimum Gasteiger partial charge on any atom is -0.489 e. The van der Waals surface area contributed by atoms with Gasteiger partial charge in [0.15, 0.2) is 0 Å². The number of hydrogen-bond acceptors (Lipinski definition) is 9. The Kier molecular flexibility index (Phi) is 9.35. The molecule has 12 heteroatoms. The molecule has 2 aromatic carbocycles. The number of nitrogens with zero attached hydrogens (tertiary/aromatic N) is 4. The van der Waals surface area contributed by atoms with Gasteiger partial charge in [0.1, 0.15) is 23.6 Å². The van der Waals surface area contributed by atoms with Crippen LogP contribution in [0.1, 0.15) is 131 Å². The molecule has 5 aliphatic rings. The number of fused-ring (bicyclic) bond motifs is 2. The molecule has 3 aliphatic heterocycles. The van der Waals surface area contributed by atoms with Crippen molar-refractivity contribution in [1.82, 2.24) is 25.4 Å². The van der Waals surface area contributed by atoms with E-state index in [1.54, 1.807) is 6.07 Å². The maximum atomic E-state index is 13.5. The first-order valence-corrected chi connectivity index (χ1v) is 19.7. The molecular formula is C44H48N6O6. The number of aryl methyl sites for hydroxylation is 1. The number of nitriles is 1. The number of benzene rings is 2. The Morgan fingerprint density at radius 3 is 2.16 bits per heavy atom. The Morgan fingerprint density at radius 2 is 1.59 bits per heavy atom. The maximum Gasteiger partial charge on any atom is 0.270 e. The number of pyridine rings is 1. The van der Waals surface area contributed by atoms with Gasteiger partial charge < -0.3 is 10.1 Å². The normalized spacial score (nSPS) is 26.5. The molecule has 56 heavy (non-hydrogen) atoms. The van der Waals surface area contributed by atoms with E-state index in [2.05, 4.69) is 54.3 Å². The molecule has 4 heterocycles. The van der Waals surface area contributed by atoms with E-state index in [0.29, 0.717) is 53.1 Å². The second kappa shape index (κ2) is 14.0. The number of imide groups is 2. The number of ether oxygens (including phenoxy) is 1. The molecule has 1 unspecified atom stereocenters. The van der Waals surface area contributed by atoms with Crippen molar-refractivity contribution in [3.8, 4) is 11.8 Å². The fraction of sp³-hybridized carbons (Fsp3) is 0.477. The molecule has 1 saturated heterocycles. The summed E-state index contributed by atoms with van der Waals surface area (Å²) in [6, 6.07) is 14.1. The van der Waals surface area contributed by atoms with E-state index in [1.165, 1.54) is 0 Å². The molecule has 3 aromatic rings. The van der Waals surface area contributed by atoms with E-state index in [-0.39, 0.29) is 47.6 Å². The van der Waals surface area contributed by atoms with Gasteiger partial charge in [-0.3, -0.25) is 44.1 Å². The SMILES string of the molecule is Cc1cc(OC2C(C)(C)C(NC(=O)c3ccc(C4CCC(CN5Cc6cc7c(cc6C5)C(=O)N(C5CCC(=O)NC5=O)C7=O)CC4)cn3)C2(C)C)ccc1C#N. The summed E-state index contributed by atoms with van der Waals surface area (Å²) in [5.74, 6) is -0.499. The minimum atomic E-state index is -0.964. The number of amides is 5. The van der Waals surface area contributed by atoms with Crippen molar-refractivity contribution >= 4 is 29.5 Å². The van der Waals surface area contributed by atoms with Crippen molar-refractivity contribution < 1.29 is 28.7 Å². The fourth-order valence-electron chi connectivity index (χ4n) is 10.4. The van der Waals surface area contributed by atoms with Crippen LogP contribution in [0.2, 0.25) is 0 Å². The lowest BCUT2D eigenvalue weighted by molar-refractivity contribution is -0.164. The highest BCUT2D eigenvalue weighted by atomic mass is 16.5. The second-order valence-electron chi connectivity index (χ2n) is 17.6. The lowest BCUT2D eigenvalue weighted by atomic mass is 9.49. The van der Waals surface area contributed by atoms with Crippen molar-refractivity contribution in [1.29, 1.82) is 5.26 Å². The summed E-state index contributed by atoms with van der Waals surface area (Å²) in [6.45, 7) is 12.7. The zero-order chi connectivity index (χ0) is 39.7. The zero-order valence-electron chi connectivity index (χ0n) is 32.6. The number of carbonyl (C=O) groups excluding carboxylic acids is 5. The summed E-state index contributed by atoms with van der Waals surface area (Å²) < 4.78 is 6.45. The van der Waals surface area contributed by atoms with E-state index in [1.807, 2.05) is 49.5 Å². The first-order valence-electron chi connectivity index (χ1n) is 19.7. The van der Waals surface area contributed by atoms with Crippen LogP contribution in [0.4, 0.5) is 0 Å². The topological polar surface area (TPSA) is 162 Å². The van der Waals surface area contributed by atoms with Gasteiger partial charge in [0.2, 0.25) is 11.8 Å². The van der Waals surface area contributed by atoms with Crippen LogP contribution in [-0.4, -0.2) is 69.1 Å². The molecule has 8 rings (SSSR count). The number of aromatic nitrogens is 1. The van der Waals surface area contributed by atoms with Gasteiger partial charge in [0.25, 0.3) is 17.7 Å². The molecule has 2 aliphatic carbocycles. The van der Waals surface area contributed by atoms with Crippen LogP contribution in [0.3, 0.4) is 0 Å². The number of rotatable bonds is 8. The van der Waals surface area contributed by atoms with Gasteiger partial charge in [-0.15, -0.1) is 0 Å². The van der Waals surface area contributed by atoms with Crippen molar-refractivity contribution in [2.24, 2.45) is 16.7 Å². The molecule has 12 nitrogen and oxygen atoms in total. The third kappa shape index (κ3) is 6.45. The predicted octanol–water partition coefficient (Wildman–Crippen LogP) is 5.56. The monoisotopic (exact) mass is 756 g/mol. The van der Waals surface area contributed by atoms with Gasteiger partial charge >= 0.3 is 0 Å². The maximum absolute atomic E-state index is 13.5. The van der Waals surface area contributed by atoms with Crippen molar-refractivity contribution in [3.63, 3.8) is 0 Å². The fourth-order valence-corrected chi connectivity index (χ4v) is 10.4. The van der Waals surface area contributed by atoms with Crippen LogP contribution in [0.25, 0.3) is 0 Å². The lowest BCUT2D eigenvalue weighted by Crippen LogP contribution is -2.74. The van der Waals surface area contributed by atoms with Gasteiger partial charge in [-0.1, -0.05) is 33.8 Å². The molecule has 2 saturated carbocycles. The smallest absolute Gasteiger partial charge is 0.270 e. The molecule has 1 aromatic heterocycles. The highest BCUT2D eigenvalue weighted by molar-refractivity contribution is 6.23. The first kappa shape index (κ1) is 37.5. The Labute approximate surface area is 327 Å². The largest absolute Gasteiger partial charge is 0.489 e. The van der Waals surface area contributed by atoms with Crippen molar-refractivity contribution in [2.45, 2.75) is 110 Å². The van der Waals surface area contributed by atoms with E-state index < -0.39 is 23.8 Å². The number of piperidine rings is 1. The predicted molar refractivity (Wildman–Crippen MR) is 205 cm³/mol. The average molecular weight is 757 g/mol. The highest BCUT2D eigenvalue weighted by Gasteiger charge is 2.64. The molecule has 1 atom stereocenters. The Morgan fingerprint density at radius 1 is 0.929 bits per heavy atom. The summed E-state index contributed by atoms with van der Waals surface area (Å²) in [6.07, 6.45) is 6.18. The Hall–Kier alpha value is -5.41. The molecule has 0 spiro atoms. The van der Waals surface area contributed by atoms with Crippen molar-refractivity contribution in [3.05, 3.63) is 93.3 Å². The highest BCUT2D eigenvalue weighted by Crippen LogP contribution is 2.55. The number of nitrogens with one attached hydrogen (secondary N) is 2. The third-order valence-electron chi connectivity index (χ3n) is 13.1. The number of carbonyl (C=O) groups is 5. The molecule has 0 radical (unpaired) electrons. The van der Waals surface area contributed by atoms with Gasteiger partial charge in [0, 0.05) is 49.1 Å². The summed E-state index contributed by atoms with van der Waals surface area (Å²) in [5.41, 5.74) is 5.12. The molecule has 5 amide bonds. The van der Waals surface area contributed by atoms with E-state index in [9.17, 15) is 29.2 Å². The van der Waals surface area contributed by atoms with Crippen LogP contribution < -0.4 is 15.4 Å². The summed E-state index contributed by atoms with van der Waals surface area (Å²) >= 11 is 0. The standard InChI is InChI=1S/C44H48N6O6/c1-24-16-31(12-10-27(24)19-45)56-42-43(2,3)41(44(42,4)5)48-37(52)34-13-11-28(20-46-34)26-8-6-25(7-9-26)21-49-22-29-17-32-33(18-30(29)23-49)40(55)50(39(32)54)35-14-15-36(51)47-38(35)53/h10-13,16-18,20,25-26,35,41-42H,6-9,14-15,21-23H2,1-5H3,(H,48,52)(H,47,51,53). The summed E-state index contributed by atoms with van der Waals surface area (Å²) in [4.78, 5) is 72.2. The van der Waals surface area contributed by atoms with E-state index >= 15 is 0 Å². The van der Waals surface area contributed by atoms with Crippen LogP contribution in [0, 0.1) is 35.0 Å². The van der Waals surface area contributed by atoms with Crippen molar-refractivity contribution in [2.75, 3.05) is 6.54 Å². The van der Waals surface area contributed by atoms with Gasteiger partial charge in [-0.25, -0.2) is 0 Å². The van der Waals surface area contributed by atoms with Crippen LogP contribution in [-0.2, 0) is 22.7 Å². The van der Waals surface area contributed by atoms with Crippen LogP contribution in [0.5, 0.6) is 5.75 Å². The molecule has 3 fully saturated rings. The average Bonchev–Trinajstić information content (AvgIpc) is 3.67. The molecule has 290 valence electrons. The van der Waals surface area contributed by atoms with Gasteiger partial charge in [-0.05, 0) is 110 Å². The van der Waals surface area contributed by atoms with E-state index in [4.69, 9.17) is 4.74 Å². The molecule has 0 bridgehead atoms. The van der Waals surface area contributed by atoms with Gasteiger partial charge in [-0.2, -0.15) is 5.26 Å². The first-order chi connectivity index (χ1) is 26.6. The lowest BCUT2D eigenvalue weighted by Gasteiger charge is -2.63. The quantitative estimate of drug-likeness (QED) is 0.280. The summed E-state index contributed by atoms with van der Waals surface area (Å²) in [5, 5.41) is 14.8. The zero-order valence-corrected chi connectivity index (χ0v) is 32.6. The minimum absolute atomic E-state index is 0.0960.